The highest BCUT2D eigenvalue weighted by molar-refractivity contribution is 7.90. The van der Waals surface area contributed by atoms with Crippen molar-refractivity contribution in [1.82, 2.24) is 0 Å². The standard InChI is InChI=1S/C10H9FO2S/c1-14(13)9-5-3-7(11)6-2-4-8(12)10(6)9/h3,5H,2,4H2,1H3. The lowest BCUT2D eigenvalue weighted by Gasteiger charge is -2.08. The highest BCUT2D eigenvalue weighted by Gasteiger charge is 2.29. The zero-order chi connectivity index (χ0) is 10.3. The molecule has 1 unspecified atom stereocenters. The normalized spacial score (nSPS) is 16.9. The maximum absolute atomic E-state index is 13.3. The first-order valence-electron chi connectivity index (χ1n) is 4.29. The molecule has 14 heavy (non-hydrogen) atoms. The number of hydrogen-bond donors (Lipinski definition) is 0. The van der Waals surface area contributed by atoms with Gasteiger partial charge in [-0.15, -0.1) is 0 Å². The van der Waals surface area contributed by atoms with Crippen molar-refractivity contribution in [2.24, 2.45) is 0 Å². The Morgan fingerprint density at radius 3 is 2.79 bits per heavy atom. The summed E-state index contributed by atoms with van der Waals surface area (Å²) in [5, 5.41) is 0. The maximum atomic E-state index is 13.3. The summed E-state index contributed by atoms with van der Waals surface area (Å²) in [6.45, 7) is 0. The Bertz CT molecular complexity index is 401. The molecule has 0 fully saturated rings. The molecule has 0 aliphatic heterocycles. The van der Waals surface area contributed by atoms with Gasteiger partial charge in [-0.1, -0.05) is 0 Å². The van der Waals surface area contributed by atoms with Crippen molar-refractivity contribution in [2.75, 3.05) is 6.26 Å². The van der Waals surface area contributed by atoms with Crippen LogP contribution in [0.15, 0.2) is 17.0 Å². The molecule has 1 aromatic carbocycles. The van der Waals surface area contributed by atoms with Gasteiger partial charge in [-0.25, -0.2) is 4.39 Å². The predicted molar refractivity (Wildman–Crippen MR) is 51.4 cm³/mol. The Morgan fingerprint density at radius 2 is 2.14 bits per heavy atom. The minimum Gasteiger partial charge on any atom is -0.612 e. The first-order chi connectivity index (χ1) is 6.61. The Labute approximate surface area is 84.3 Å². The van der Waals surface area contributed by atoms with Crippen molar-refractivity contribution in [3.8, 4) is 0 Å². The summed E-state index contributed by atoms with van der Waals surface area (Å²) in [5.41, 5.74) is 0.786. The van der Waals surface area contributed by atoms with Gasteiger partial charge in [0.05, 0.1) is 5.56 Å². The summed E-state index contributed by atoms with van der Waals surface area (Å²) in [5.74, 6) is -0.454. The van der Waals surface area contributed by atoms with E-state index in [0.717, 1.165) is 0 Å². The number of ketones is 1. The molecule has 0 amide bonds. The van der Waals surface area contributed by atoms with E-state index in [1.807, 2.05) is 0 Å². The summed E-state index contributed by atoms with van der Waals surface area (Å²) in [4.78, 5) is 11.9. The van der Waals surface area contributed by atoms with Crippen LogP contribution in [0.2, 0.25) is 0 Å². The molecular weight excluding hydrogens is 203 g/mol. The van der Waals surface area contributed by atoms with E-state index in [4.69, 9.17) is 0 Å². The number of Topliss-reactive ketones (excluding diaryl/α,β-unsaturated/α-hetero) is 1. The van der Waals surface area contributed by atoms with Gasteiger partial charge in [0, 0.05) is 12.0 Å². The largest absolute Gasteiger partial charge is 0.612 e. The average Bonchev–Trinajstić information content (AvgIpc) is 2.50. The lowest BCUT2D eigenvalue weighted by molar-refractivity contribution is 0.0992. The summed E-state index contributed by atoms with van der Waals surface area (Å²) in [7, 11) is 0. The number of rotatable bonds is 1. The van der Waals surface area contributed by atoms with Gasteiger partial charge in [-0.05, 0) is 29.7 Å². The molecule has 1 aliphatic rings. The molecular formula is C10H9FO2S. The molecule has 1 aromatic rings. The van der Waals surface area contributed by atoms with Crippen LogP contribution in [0.25, 0.3) is 0 Å². The number of carbonyl (C=O) groups excluding carboxylic acids is 1. The van der Waals surface area contributed by atoms with E-state index in [1.165, 1.54) is 18.4 Å². The van der Waals surface area contributed by atoms with Gasteiger partial charge in [0.25, 0.3) is 0 Å². The van der Waals surface area contributed by atoms with Crippen LogP contribution in [-0.4, -0.2) is 16.6 Å². The predicted octanol–water partition coefficient (Wildman–Crippen LogP) is 1.69. The highest BCUT2D eigenvalue weighted by Crippen LogP contribution is 2.30. The second-order valence-electron chi connectivity index (χ2n) is 3.28. The second-order valence-corrected chi connectivity index (χ2v) is 4.62. The fraction of sp³-hybridized carbons (Fsp3) is 0.300. The Balaban J connectivity index is 2.66. The van der Waals surface area contributed by atoms with E-state index in [0.29, 0.717) is 28.9 Å². The van der Waals surface area contributed by atoms with E-state index in [2.05, 4.69) is 0 Å². The van der Waals surface area contributed by atoms with Gasteiger partial charge in [0.15, 0.2) is 10.7 Å². The zero-order valence-electron chi connectivity index (χ0n) is 7.67. The van der Waals surface area contributed by atoms with E-state index < -0.39 is 11.2 Å². The SMILES string of the molecule is C[S+]([O-])c1ccc(F)c2c1C(=O)CC2. The molecule has 0 radical (unpaired) electrons. The lowest BCUT2D eigenvalue weighted by Crippen LogP contribution is -2.06. The Morgan fingerprint density at radius 1 is 1.43 bits per heavy atom. The fourth-order valence-corrected chi connectivity index (χ4v) is 2.54. The summed E-state index contributed by atoms with van der Waals surface area (Å²) in [6.07, 6.45) is 2.27. The number of halogens is 1. The molecule has 0 heterocycles. The lowest BCUT2D eigenvalue weighted by atomic mass is 10.1. The average molecular weight is 212 g/mol. The molecule has 1 aliphatic carbocycles. The molecule has 0 N–H and O–H groups in total. The molecule has 0 spiro atoms. The monoisotopic (exact) mass is 212 g/mol. The van der Waals surface area contributed by atoms with Crippen molar-refractivity contribution in [3.05, 3.63) is 29.1 Å². The van der Waals surface area contributed by atoms with Crippen LogP contribution >= 0.6 is 0 Å². The van der Waals surface area contributed by atoms with Crippen molar-refractivity contribution in [2.45, 2.75) is 17.7 Å². The van der Waals surface area contributed by atoms with Gasteiger partial charge < -0.3 is 4.55 Å². The number of benzene rings is 1. The van der Waals surface area contributed by atoms with Gasteiger partial charge in [-0.2, -0.15) is 0 Å². The minimum absolute atomic E-state index is 0.0929. The van der Waals surface area contributed by atoms with E-state index >= 15 is 0 Å². The molecule has 74 valence electrons. The Kier molecular flexibility index (Phi) is 2.33. The number of hydrogen-bond acceptors (Lipinski definition) is 2. The maximum Gasteiger partial charge on any atom is 0.168 e. The fourth-order valence-electron chi connectivity index (χ4n) is 1.75. The molecule has 0 saturated heterocycles. The first kappa shape index (κ1) is 9.68. The van der Waals surface area contributed by atoms with Crippen LogP contribution < -0.4 is 0 Å². The highest BCUT2D eigenvalue weighted by atomic mass is 32.2. The molecule has 2 nitrogen and oxygen atoms in total. The van der Waals surface area contributed by atoms with E-state index in [-0.39, 0.29) is 11.6 Å². The molecule has 0 saturated carbocycles. The summed E-state index contributed by atoms with van der Waals surface area (Å²) >= 11 is -1.23. The van der Waals surface area contributed by atoms with Crippen LogP contribution in [0.1, 0.15) is 22.3 Å². The van der Waals surface area contributed by atoms with Crippen molar-refractivity contribution in [3.63, 3.8) is 0 Å². The van der Waals surface area contributed by atoms with E-state index in [9.17, 15) is 13.7 Å². The molecule has 1 atom stereocenters. The molecule has 0 bridgehead atoms. The summed E-state index contributed by atoms with van der Waals surface area (Å²) in [6, 6.07) is 2.72. The van der Waals surface area contributed by atoms with Crippen molar-refractivity contribution in [1.29, 1.82) is 0 Å². The van der Waals surface area contributed by atoms with Crippen LogP contribution in [0.3, 0.4) is 0 Å². The quantitative estimate of drug-likeness (QED) is 0.664. The smallest absolute Gasteiger partial charge is 0.168 e. The van der Waals surface area contributed by atoms with Gasteiger partial charge in [-0.3, -0.25) is 4.79 Å². The third-order valence-corrected chi connectivity index (χ3v) is 3.37. The first-order valence-corrected chi connectivity index (χ1v) is 5.85. The zero-order valence-corrected chi connectivity index (χ0v) is 8.49. The number of carbonyl (C=O) groups is 1. The minimum atomic E-state index is -1.23. The topological polar surface area (TPSA) is 40.1 Å². The van der Waals surface area contributed by atoms with Crippen molar-refractivity contribution >= 4 is 17.0 Å². The van der Waals surface area contributed by atoms with Crippen LogP contribution in [0, 0.1) is 5.82 Å². The third kappa shape index (κ3) is 1.35. The Hall–Kier alpha value is -0.870. The van der Waals surface area contributed by atoms with Crippen molar-refractivity contribution < 1.29 is 13.7 Å². The van der Waals surface area contributed by atoms with Gasteiger partial charge in [0.1, 0.15) is 12.1 Å². The van der Waals surface area contributed by atoms with Crippen LogP contribution in [0.4, 0.5) is 4.39 Å². The van der Waals surface area contributed by atoms with Crippen LogP contribution in [0.5, 0.6) is 0 Å². The van der Waals surface area contributed by atoms with Gasteiger partial charge in [0.2, 0.25) is 0 Å². The third-order valence-electron chi connectivity index (χ3n) is 2.41. The molecule has 2 rings (SSSR count). The molecule has 0 aromatic heterocycles. The van der Waals surface area contributed by atoms with Crippen LogP contribution in [-0.2, 0) is 17.6 Å². The summed E-state index contributed by atoms with van der Waals surface area (Å²) < 4.78 is 24.6. The number of fused-ring (bicyclic) bond motifs is 1. The van der Waals surface area contributed by atoms with E-state index in [1.54, 1.807) is 0 Å². The van der Waals surface area contributed by atoms with Gasteiger partial charge >= 0.3 is 0 Å². The second kappa shape index (κ2) is 3.37. The molecule has 4 heteroatoms.